The van der Waals surface area contributed by atoms with Gasteiger partial charge in [-0.2, -0.15) is 5.26 Å². The number of nitro benzene ring substituents is 1. The molecule has 2 rings (SSSR count). The molecule has 0 aliphatic carbocycles. The fraction of sp³-hybridized carbons (Fsp3) is 0.133. The van der Waals surface area contributed by atoms with Gasteiger partial charge in [-0.3, -0.25) is 10.1 Å². The maximum absolute atomic E-state index is 10.7. The van der Waals surface area contributed by atoms with Gasteiger partial charge in [0.1, 0.15) is 6.07 Å². The summed E-state index contributed by atoms with van der Waals surface area (Å²) < 4.78 is 0. The average molecular weight is 318 g/mol. The molecule has 0 fully saturated rings. The minimum absolute atomic E-state index is 0.140. The van der Waals surface area contributed by atoms with Crippen LogP contribution in [0.1, 0.15) is 17.2 Å². The fourth-order valence-corrected chi connectivity index (χ4v) is 2.11. The van der Waals surface area contributed by atoms with Gasteiger partial charge < -0.3 is 10.4 Å². The molecule has 0 aromatic heterocycles. The van der Waals surface area contributed by atoms with Crippen molar-refractivity contribution in [3.05, 3.63) is 68.7 Å². The van der Waals surface area contributed by atoms with Crippen LogP contribution in [0.4, 0.5) is 11.4 Å². The van der Waals surface area contributed by atoms with Gasteiger partial charge in [-0.25, -0.2) is 0 Å². The Morgan fingerprint density at radius 3 is 2.55 bits per heavy atom. The summed E-state index contributed by atoms with van der Waals surface area (Å²) in [5.41, 5.74) is 1.19. The van der Waals surface area contributed by atoms with Crippen LogP contribution in [0.25, 0.3) is 0 Å². The predicted molar refractivity (Wildman–Crippen MR) is 82.7 cm³/mol. The minimum Gasteiger partial charge on any atom is -0.394 e. The molecule has 0 saturated carbocycles. The average Bonchev–Trinajstić information content (AvgIpc) is 2.53. The zero-order valence-electron chi connectivity index (χ0n) is 11.4. The molecule has 112 valence electrons. The van der Waals surface area contributed by atoms with Crippen LogP contribution in [0.5, 0.6) is 0 Å². The second kappa shape index (κ2) is 6.89. The number of nitrogens with zero attached hydrogens (tertiary/aromatic N) is 2. The molecule has 1 unspecified atom stereocenters. The minimum atomic E-state index is -0.562. The number of aliphatic hydroxyl groups is 1. The van der Waals surface area contributed by atoms with Crippen molar-refractivity contribution in [1.29, 1.82) is 5.26 Å². The van der Waals surface area contributed by atoms with Gasteiger partial charge in [-0.15, -0.1) is 0 Å². The van der Waals surface area contributed by atoms with E-state index in [4.69, 9.17) is 16.9 Å². The van der Waals surface area contributed by atoms with E-state index in [1.165, 1.54) is 18.2 Å². The SMILES string of the molecule is N#Cc1cc([N+](=O)[O-])ccc1NC(CO)c1ccc(Cl)cc1. The molecule has 6 nitrogen and oxygen atoms in total. The van der Waals surface area contributed by atoms with Gasteiger partial charge in [0.25, 0.3) is 5.69 Å². The lowest BCUT2D eigenvalue weighted by atomic mass is 10.1. The van der Waals surface area contributed by atoms with E-state index in [1.54, 1.807) is 24.3 Å². The summed E-state index contributed by atoms with van der Waals surface area (Å²) in [7, 11) is 0. The second-order valence-corrected chi connectivity index (χ2v) is 4.97. The van der Waals surface area contributed by atoms with Crippen molar-refractivity contribution < 1.29 is 10.0 Å². The third kappa shape index (κ3) is 3.52. The lowest BCUT2D eigenvalue weighted by molar-refractivity contribution is -0.384. The molecule has 0 heterocycles. The summed E-state index contributed by atoms with van der Waals surface area (Å²) in [6, 6.07) is 12.3. The first-order valence-electron chi connectivity index (χ1n) is 6.36. The van der Waals surface area contributed by atoms with E-state index in [0.29, 0.717) is 10.7 Å². The van der Waals surface area contributed by atoms with Crippen LogP contribution < -0.4 is 5.32 Å². The standard InChI is InChI=1S/C15H12ClN3O3/c16-12-3-1-10(2-4-12)15(9-20)18-14-6-5-13(19(21)22)7-11(14)8-17/h1-7,15,18,20H,9H2. The van der Waals surface area contributed by atoms with Gasteiger partial charge in [-0.1, -0.05) is 23.7 Å². The molecular formula is C15H12ClN3O3. The summed E-state index contributed by atoms with van der Waals surface area (Å²) in [5.74, 6) is 0. The molecule has 2 aromatic rings. The normalized spacial score (nSPS) is 11.5. The molecule has 2 N–H and O–H groups in total. The Hall–Kier alpha value is -2.62. The van der Waals surface area contributed by atoms with Gasteiger partial charge in [-0.05, 0) is 23.8 Å². The Labute approximate surface area is 131 Å². The molecule has 0 spiro atoms. The number of aliphatic hydroxyl groups excluding tert-OH is 1. The zero-order chi connectivity index (χ0) is 16.1. The molecule has 0 aliphatic rings. The number of non-ortho nitro benzene ring substituents is 1. The maximum Gasteiger partial charge on any atom is 0.270 e. The van der Waals surface area contributed by atoms with E-state index in [0.717, 1.165) is 5.56 Å². The van der Waals surface area contributed by atoms with E-state index in [9.17, 15) is 15.2 Å². The van der Waals surface area contributed by atoms with E-state index < -0.39 is 11.0 Å². The summed E-state index contributed by atoms with van der Waals surface area (Å²) in [5, 5.41) is 33.0. The maximum atomic E-state index is 10.7. The highest BCUT2D eigenvalue weighted by Gasteiger charge is 2.15. The van der Waals surface area contributed by atoms with Gasteiger partial charge in [0.2, 0.25) is 0 Å². The van der Waals surface area contributed by atoms with Crippen molar-refractivity contribution in [2.24, 2.45) is 0 Å². The van der Waals surface area contributed by atoms with Crippen LogP contribution in [0, 0.1) is 21.4 Å². The number of anilines is 1. The summed E-state index contributed by atoms with van der Waals surface area (Å²) in [4.78, 5) is 10.2. The molecule has 0 aliphatic heterocycles. The number of nitrogens with one attached hydrogen (secondary N) is 1. The second-order valence-electron chi connectivity index (χ2n) is 4.53. The molecule has 0 radical (unpaired) electrons. The van der Waals surface area contributed by atoms with Crippen molar-refractivity contribution in [2.75, 3.05) is 11.9 Å². The summed E-state index contributed by atoms with van der Waals surface area (Å²) >= 11 is 5.82. The molecule has 0 amide bonds. The van der Waals surface area contributed by atoms with E-state index in [2.05, 4.69) is 5.32 Å². The van der Waals surface area contributed by atoms with Crippen molar-refractivity contribution in [3.63, 3.8) is 0 Å². The van der Waals surface area contributed by atoms with Crippen LogP contribution in [0.15, 0.2) is 42.5 Å². The smallest absolute Gasteiger partial charge is 0.270 e. The van der Waals surface area contributed by atoms with Crippen LogP contribution in [-0.2, 0) is 0 Å². The van der Waals surface area contributed by atoms with E-state index >= 15 is 0 Å². The number of nitriles is 1. The van der Waals surface area contributed by atoms with E-state index in [1.807, 2.05) is 6.07 Å². The lowest BCUT2D eigenvalue weighted by Gasteiger charge is -2.19. The Bertz CT molecular complexity index is 726. The monoisotopic (exact) mass is 317 g/mol. The molecule has 2 aromatic carbocycles. The van der Waals surface area contributed by atoms with Crippen LogP contribution in [0.2, 0.25) is 5.02 Å². The quantitative estimate of drug-likeness (QED) is 0.651. The topological polar surface area (TPSA) is 99.2 Å². The number of hydrogen-bond donors (Lipinski definition) is 2. The Balaban J connectivity index is 2.30. The third-order valence-electron chi connectivity index (χ3n) is 3.12. The number of halogens is 1. The fourth-order valence-electron chi connectivity index (χ4n) is 1.98. The Morgan fingerprint density at radius 1 is 1.32 bits per heavy atom. The third-order valence-corrected chi connectivity index (χ3v) is 3.37. The number of nitro groups is 1. The van der Waals surface area contributed by atoms with Gasteiger partial charge in [0, 0.05) is 17.2 Å². The van der Waals surface area contributed by atoms with Crippen molar-refractivity contribution in [3.8, 4) is 6.07 Å². The number of benzene rings is 2. The Morgan fingerprint density at radius 2 is 2.00 bits per heavy atom. The first-order valence-corrected chi connectivity index (χ1v) is 6.74. The number of rotatable bonds is 5. The van der Waals surface area contributed by atoms with Crippen molar-refractivity contribution >= 4 is 23.0 Å². The largest absolute Gasteiger partial charge is 0.394 e. The molecular weight excluding hydrogens is 306 g/mol. The summed E-state index contributed by atoms with van der Waals surface area (Å²) in [6.07, 6.45) is 0. The van der Waals surface area contributed by atoms with Gasteiger partial charge >= 0.3 is 0 Å². The molecule has 0 bridgehead atoms. The van der Waals surface area contributed by atoms with Gasteiger partial charge in [0.05, 0.1) is 28.8 Å². The summed E-state index contributed by atoms with van der Waals surface area (Å²) in [6.45, 7) is -0.205. The van der Waals surface area contributed by atoms with E-state index in [-0.39, 0.29) is 17.9 Å². The van der Waals surface area contributed by atoms with Gasteiger partial charge in [0.15, 0.2) is 0 Å². The van der Waals surface area contributed by atoms with Crippen LogP contribution >= 0.6 is 11.6 Å². The van der Waals surface area contributed by atoms with Crippen molar-refractivity contribution in [2.45, 2.75) is 6.04 Å². The molecule has 0 saturated heterocycles. The Kier molecular flexibility index (Phi) is 4.94. The first kappa shape index (κ1) is 15.8. The lowest BCUT2D eigenvalue weighted by Crippen LogP contribution is -2.15. The van der Waals surface area contributed by atoms with Crippen LogP contribution in [0.3, 0.4) is 0 Å². The predicted octanol–water partition coefficient (Wildman–Crippen LogP) is 3.27. The highest BCUT2D eigenvalue weighted by molar-refractivity contribution is 6.30. The molecule has 22 heavy (non-hydrogen) atoms. The number of hydrogen-bond acceptors (Lipinski definition) is 5. The highest BCUT2D eigenvalue weighted by atomic mass is 35.5. The molecule has 7 heteroatoms. The molecule has 1 atom stereocenters. The zero-order valence-corrected chi connectivity index (χ0v) is 12.1. The van der Waals surface area contributed by atoms with Crippen molar-refractivity contribution in [1.82, 2.24) is 0 Å². The first-order chi connectivity index (χ1) is 10.5. The highest BCUT2D eigenvalue weighted by Crippen LogP contribution is 2.26. The van der Waals surface area contributed by atoms with Crippen LogP contribution in [-0.4, -0.2) is 16.6 Å².